The monoisotopic (exact) mass is 372 g/mol. The lowest BCUT2D eigenvalue weighted by Crippen LogP contribution is -2.29. The summed E-state index contributed by atoms with van der Waals surface area (Å²) in [7, 11) is 8.04. The molecule has 4 heteroatoms. The van der Waals surface area contributed by atoms with Crippen LogP contribution in [-0.2, 0) is 10.3 Å². The van der Waals surface area contributed by atoms with Crippen molar-refractivity contribution in [2.24, 2.45) is 0 Å². The summed E-state index contributed by atoms with van der Waals surface area (Å²) in [5.74, 6) is -0.288. The van der Waals surface area contributed by atoms with Crippen LogP contribution in [0, 0.1) is 0 Å². The van der Waals surface area contributed by atoms with Gasteiger partial charge < -0.3 is 14.5 Å². The van der Waals surface area contributed by atoms with Gasteiger partial charge in [0.1, 0.15) is 0 Å². The van der Waals surface area contributed by atoms with Crippen LogP contribution in [0.4, 0.5) is 11.4 Å². The first-order valence-electron chi connectivity index (χ1n) is 9.32. The second-order valence-corrected chi connectivity index (χ2v) is 7.50. The summed E-state index contributed by atoms with van der Waals surface area (Å²) in [5.41, 5.74) is 4.64. The van der Waals surface area contributed by atoms with Gasteiger partial charge in [-0.3, -0.25) is 0 Å². The minimum atomic E-state index is -0.941. The van der Waals surface area contributed by atoms with Crippen molar-refractivity contribution in [1.29, 1.82) is 0 Å². The van der Waals surface area contributed by atoms with Crippen LogP contribution in [0.25, 0.3) is 0 Å². The molecule has 0 aromatic heterocycles. The van der Waals surface area contributed by atoms with Gasteiger partial charge in [-0.25, -0.2) is 4.79 Å². The fourth-order valence-electron chi connectivity index (χ4n) is 3.80. The minimum absolute atomic E-state index is 0.288. The van der Waals surface area contributed by atoms with Crippen LogP contribution in [0.1, 0.15) is 27.0 Å². The Kier molecular flexibility index (Phi) is 4.34. The van der Waals surface area contributed by atoms with E-state index < -0.39 is 5.60 Å². The van der Waals surface area contributed by atoms with Gasteiger partial charge in [-0.15, -0.1) is 0 Å². The average Bonchev–Trinajstić information content (AvgIpc) is 3.02. The molecule has 0 fully saturated rings. The fraction of sp³-hybridized carbons (Fsp3) is 0.208. The number of carbonyl (C=O) groups is 1. The molecule has 0 N–H and O–H groups in total. The van der Waals surface area contributed by atoms with Crippen molar-refractivity contribution >= 4 is 17.3 Å². The maximum Gasteiger partial charge on any atom is 0.340 e. The highest BCUT2D eigenvalue weighted by Crippen LogP contribution is 2.47. The maximum absolute atomic E-state index is 12.7. The van der Waals surface area contributed by atoms with Crippen LogP contribution < -0.4 is 9.80 Å². The Morgan fingerprint density at radius 2 is 1.14 bits per heavy atom. The molecule has 1 aliphatic heterocycles. The molecular weight excluding hydrogens is 348 g/mol. The SMILES string of the molecule is CN(C)c1ccc(C2(c3ccc(N(C)C)cc3)OC(=O)c3ccccc32)cc1. The second kappa shape index (κ2) is 6.71. The molecule has 0 atom stereocenters. The van der Waals surface area contributed by atoms with E-state index in [2.05, 4.69) is 34.1 Å². The largest absolute Gasteiger partial charge is 0.441 e. The maximum atomic E-state index is 12.7. The lowest BCUT2D eigenvalue weighted by atomic mass is 9.80. The number of carbonyl (C=O) groups excluding carboxylic acids is 1. The van der Waals surface area contributed by atoms with E-state index in [1.807, 2.05) is 76.7 Å². The van der Waals surface area contributed by atoms with E-state index in [0.29, 0.717) is 5.56 Å². The average molecular weight is 372 g/mol. The number of fused-ring (bicyclic) bond motifs is 1. The van der Waals surface area contributed by atoms with Gasteiger partial charge in [-0.1, -0.05) is 42.5 Å². The number of cyclic esters (lactones) is 1. The highest BCUT2D eigenvalue weighted by molar-refractivity contribution is 5.96. The number of ether oxygens (including phenoxy) is 1. The van der Waals surface area contributed by atoms with Crippen molar-refractivity contribution in [2.45, 2.75) is 5.60 Å². The van der Waals surface area contributed by atoms with Crippen LogP contribution in [0.2, 0.25) is 0 Å². The van der Waals surface area contributed by atoms with E-state index in [0.717, 1.165) is 28.1 Å². The molecular formula is C24H24N2O2. The number of rotatable bonds is 4. The Morgan fingerprint density at radius 3 is 1.61 bits per heavy atom. The Hall–Kier alpha value is -3.27. The molecule has 0 aliphatic carbocycles. The number of nitrogens with zero attached hydrogens (tertiary/aromatic N) is 2. The lowest BCUT2D eigenvalue weighted by molar-refractivity contribution is 0.0251. The summed E-state index contributed by atoms with van der Waals surface area (Å²) in [6.45, 7) is 0. The smallest absolute Gasteiger partial charge is 0.340 e. The predicted octanol–water partition coefficient (Wildman–Crippen LogP) is 4.28. The van der Waals surface area contributed by atoms with Crippen LogP contribution in [-0.4, -0.2) is 34.2 Å². The van der Waals surface area contributed by atoms with E-state index in [1.54, 1.807) is 0 Å². The summed E-state index contributed by atoms with van der Waals surface area (Å²) >= 11 is 0. The van der Waals surface area contributed by atoms with Crippen LogP contribution in [0.3, 0.4) is 0 Å². The zero-order valence-electron chi connectivity index (χ0n) is 16.6. The van der Waals surface area contributed by atoms with Gasteiger partial charge in [0, 0.05) is 56.3 Å². The molecule has 4 nitrogen and oxygen atoms in total. The van der Waals surface area contributed by atoms with Crippen molar-refractivity contribution in [2.75, 3.05) is 38.0 Å². The van der Waals surface area contributed by atoms with Gasteiger partial charge in [0.25, 0.3) is 0 Å². The topological polar surface area (TPSA) is 32.8 Å². The van der Waals surface area contributed by atoms with Gasteiger partial charge in [0.05, 0.1) is 5.56 Å². The molecule has 1 heterocycles. The van der Waals surface area contributed by atoms with E-state index in [1.165, 1.54) is 0 Å². The molecule has 0 spiro atoms. The number of esters is 1. The van der Waals surface area contributed by atoms with Crippen molar-refractivity contribution in [3.8, 4) is 0 Å². The number of anilines is 2. The summed E-state index contributed by atoms with van der Waals surface area (Å²) in [6.07, 6.45) is 0. The zero-order chi connectivity index (χ0) is 19.9. The fourth-order valence-corrected chi connectivity index (χ4v) is 3.80. The molecule has 0 radical (unpaired) electrons. The molecule has 0 saturated heterocycles. The molecule has 0 saturated carbocycles. The summed E-state index contributed by atoms with van der Waals surface area (Å²) in [4.78, 5) is 16.8. The number of hydrogen-bond acceptors (Lipinski definition) is 4. The number of benzene rings is 3. The second-order valence-electron chi connectivity index (χ2n) is 7.50. The Balaban J connectivity index is 1.94. The molecule has 4 rings (SSSR count). The first kappa shape index (κ1) is 18.1. The third-order valence-corrected chi connectivity index (χ3v) is 5.35. The highest BCUT2D eigenvalue weighted by atomic mass is 16.6. The first-order valence-corrected chi connectivity index (χ1v) is 9.32. The highest BCUT2D eigenvalue weighted by Gasteiger charge is 2.48. The zero-order valence-corrected chi connectivity index (χ0v) is 16.6. The van der Waals surface area contributed by atoms with Gasteiger partial charge >= 0.3 is 5.97 Å². The Labute approximate surface area is 166 Å². The van der Waals surface area contributed by atoms with Gasteiger partial charge in [-0.05, 0) is 30.3 Å². The summed E-state index contributed by atoms with van der Waals surface area (Å²) in [6, 6.07) is 24.1. The molecule has 0 amide bonds. The van der Waals surface area contributed by atoms with Crippen molar-refractivity contribution in [3.05, 3.63) is 95.1 Å². The first-order chi connectivity index (χ1) is 13.4. The standard InChI is InChI=1S/C24H24N2O2/c1-25(2)19-13-9-17(10-14-19)24(18-11-15-20(16-12-18)26(3)4)22-8-6-5-7-21(22)23(27)28-24/h5-16H,1-4H3. The van der Waals surface area contributed by atoms with Crippen LogP contribution >= 0.6 is 0 Å². The third-order valence-electron chi connectivity index (χ3n) is 5.35. The van der Waals surface area contributed by atoms with Crippen molar-refractivity contribution in [3.63, 3.8) is 0 Å². The van der Waals surface area contributed by atoms with Gasteiger partial charge in [0.15, 0.2) is 5.60 Å². The molecule has 3 aromatic rings. The van der Waals surface area contributed by atoms with Crippen molar-refractivity contribution < 1.29 is 9.53 Å². The molecule has 28 heavy (non-hydrogen) atoms. The third kappa shape index (κ3) is 2.73. The number of hydrogen-bond donors (Lipinski definition) is 0. The molecule has 0 bridgehead atoms. The van der Waals surface area contributed by atoms with Crippen LogP contribution in [0.15, 0.2) is 72.8 Å². The summed E-state index contributed by atoms with van der Waals surface area (Å²) < 4.78 is 6.13. The van der Waals surface area contributed by atoms with E-state index in [9.17, 15) is 4.79 Å². The van der Waals surface area contributed by atoms with E-state index in [4.69, 9.17) is 4.74 Å². The van der Waals surface area contributed by atoms with E-state index in [-0.39, 0.29) is 5.97 Å². The Bertz CT molecular complexity index is 954. The van der Waals surface area contributed by atoms with Crippen LogP contribution in [0.5, 0.6) is 0 Å². The predicted molar refractivity (Wildman–Crippen MR) is 113 cm³/mol. The molecule has 0 unspecified atom stereocenters. The molecule has 142 valence electrons. The molecule has 1 aliphatic rings. The van der Waals surface area contributed by atoms with Gasteiger partial charge in [0.2, 0.25) is 0 Å². The molecule has 3 aromatic carbocycles. The Morgan fingerprint density at radius 1 is 0.679 bits per heavy atom. The van der Waals surface area contributed by atoms with Gasteiger partial charge in [-0.2, -0.15) is 0 Å². The quantitative estimate of drug-likeness (QED) is 0.640. The van der Waals surface area contributed by atoms with E-state index >= 15 is 0 Å². The summed E-state index contributed by atoms with van der Waals surface area (Å²) in [5, 5.41) is 0. The minimum Gasteiger partial charge on any atom is -0.441 e. The normalized spacial score (nSPS) is 14.4. The van der Waals surface area contributed by atoms with Crippen molar-refractivity contribution in [1.82, 2.24) is 0 Å². The lowest BCUT2D eigenvalue weighted by Gasteiger charge is -2.31.